The maximum absolute atomic E-state index is 12.3. The molecule has 1 aromatic rings. The van der Waals surface area contributed by atoms with E-state index in [4.69, 9.17) is 0 Å². The predicted molar refractivity (Wildman–Crippen MR) is 99.3 cm³/mol. The van der Waals surface area contributed by atoms with Crippen molar-refractivity contribution in [3.05, 3.63) is 29.8 Å². The molecule has 3 N–H and O–H groups in total. The zero-order valence-electron chi connectivity index (χ0n) is 14.0. The van der Waals surface area contributed by atoms with Gasteiger partial charge in [-0.3, -0.25) is 9.52 Å². The van der Waals surface area contributed by atoms with Crippen LogP contribution in [0.2, 0.25) is 0 Å². The van der Waals surface area contributed by atoms with Crippen LogP contribution >= 0.6 is 12.4 Å². The lowest BCUT2D eigenvalue weighted by molar-refractivity contribution is 0.0915. The molecule has 2 atom stereocenters. The van der Waals surface area contributed by atoms with Crippen LogP contribution in [0.3, 0.4) is 0 Å². The van der Waals surface area contributed by atoms with Gasteiger partial charge in [-0.05, 0) is 49.6 Å². The van der Waals surface area contributed by atoms with Crippen molar-refractivity contribution in [2.24, 2.45) is 5.92 Å². The van der Waals surface area contributed by atoms with E-state index in [1.807, 2.05) is 6.92 Å². The van der Waals surface area contributed by atoms with E-state index >= 15 is 0 Å². The number of amides is 1. The molecule has 1 aliphatic heterocycles. The van der Waals surface area contributed by atoms with Crippen molar-refractivity contribution < 1.29 is 13.2 Å². The number of piperidine rings is 1. The molecule has 2 unspecified atom stereocenters. The Hall–Kier alpha value is -1.31. The van der Waals surface area contributed by atoms with Gasteiger partial charge in [-0.1, -0.05) is 13.8 Å². The molecule has 0 bridgehead atoms. The Morgan fingerprint density at radius 1 is 1.29 bits per heavy atom. The summed E-state index contributed by atoms with van der Waals surface area (Å²) < 4.78 is 25.9. The van der Waals surface area contributed by atoms with Crippen LogP contribution in [0.1, 0.15) is 37.0 Å². The molecule has 24 heavy (non-hydrogen) atoms. The van der Waals surface area contributed by atoms with Crippen molar-refractivity contribution in [2.75, 3.05) is 23.6 Å². The lowest BCUT2D eigenvalue weighted by Gasteiger charge is -2.30. The molecule has 1 fully saturated rings. The van der Waals surface area contributed by atoms with Crippen molar-refractivity contribution in [3.8, 4) is 0 Å². The SMILES string of the molecule is CCCS(=O)(=O)Nc1ccc(C(=O)NC2CNCCC2C)cc1.Cl. The van der Waals surface area contributed by atoms with Crippen molar-refractivity contribution >= 4 is 34.0 Å². The first-order valence-corrected chi connectivity index (χ1v) is 9.68. The van der Waals surface area contributed by atoms with Gasteiger partial charge in [0.25, 0.3) is 5.91 Å². The second-order valence-corrected chi connectivity index (χ2v) is 7.89. The third-order valence-corrected chi connectivity index (χ3v) is 5.53. The normalized spacial score (nSPS) is 20.8. The fraction of sp³-hybridized carbons (Fsp3) is 0.562. The number of hydrogen-bond acceptors (Lipinski definition) is 4. The van der Waals surface area contributed by atoms with Crippen molar-refractivity contribution in [1.82, 2.24) is 10.6 Å². The number of rotatable bonds is 6. The molecule has 1 aliphatic rings. The Morgan fingerprint density at radius 3 is 2.54 bits per heavy atom. The summed E-state index contributed by atoms with van der Waals surface area (Å²) >= 11 is 0. The van der Waals surface area contributed by atoms with E-state index in [1.54, 1.807) is 24.3 Å². The number of anilines is 1. The van der Waals surface area contributed by atoms with E-state index < -0.39 is 10.0 Å². The van der Waals surface area contributed by atoms with Gasteiger partial charge in [-0.25, -0.2) is 8.42 Å². The van der Waals surface area contributed by atoms with E-state index in [-0.39, 0.29) is 30.1 Å². The smallest absolute Gasteiger partial charge is 0.251 e. The van der Waals surface area contributed by atoms with Gasteiger partial charge in [0, 0.05) is 23.8 Å². The quantitative estimate of drug-likeness (QED) is 0.709. The molecule has 1 aromatic carbocycles. The summed E-state index contributed by atoms with van der Waals surface area (Å²) in [6, 6.07) is 6.63. The number of nitrogens with one attached hydrogen (secondary N) is 3. The van der Waals surface area contributed by atoms with E-state index in [0.29, 0.717) is 23.6 Å². The summed E-state index contributed by atoms with van der Waals surface area (Å²) in [4.78, 5) is 12.3. The maximum atomic E-state index is 12.3. The summed E-state index contributed by atoms with van der Waals surface area (Å²) in [6.07, 6.45) is 1.60. The standard InChI is InChI=1S/C16H25N3O3S.ClH/c1-3-10-23(21,22)19-14-6-4-13(5-7-14)16(20)18-15-11-17-9-8-12(15)2;/h4-7,12,15,17,19H,3,8-11H2,1-2H3,(H,18,20);1H. The fourth-order valence-corrected chi connectivity index (χ4v) is 3.76. The third kappa shape index (κ3) is 5.96. The number of carbonyl (C=O) groups excluding carboxylic acids is 1. The average Bonchev–Trinajstić information content (AvgIpc) is 2.49. The molecule has 1 saturated heterocycles. The number of halogens is 1. The summed E-state index contributed by atoms with van der Waals surface area (Å²) in [6.45, 7) is 5.72. The molecular formula is C16H26ClN3O3S. The van der Waals surface area contributed by atoms with Crippen LogP contribution in [0.25, 0.3) is 0 Å². The van der Waals surface area contributed by atoms with Crippen molar-refractivity contribution in [1.29, 1.82) is 0 Å². The third-order valence-electron chi connectivity index (χ3n) is 4.04. The van der Waals surface area contributed by atoms with Gasteiger partial charge in [0.1, 0.15) is 0 Å². The van der Waals surface area contributed by atoms with Gasteiger partial charge in [0.15, 0.2) is 0 Å². The molecule has 0 aromatic heterocycles. The first-order valence-electron chi connectivity index (χ1n) is 8.03. The van der Waals surface area contributed by atoms with E-state index in [0.717, 1.165) is 19.5 Å². The van der Waals surface area contributed by atoms with Gasteiger partial charge in [0.05, 0.1) is 5.75 Å². The van der Waals surface area contributed by atoms with Crippen LogP contribution in [0.5, 0.6) is 0 Å². The Morgan fingerprint density at radius 2 is 1.96 bits per heavy atom. The highest BCUT2D eigenvalue weighted by Gasteiger charge is 2.23. The highest BCUT2D eigenvalue weighted by molar-refractivity contribution is 7.92. The maximum Gasteiger partial charge on any atom is 0.251 e. The van der Waals surface area contributed by atoms with Crippen LogP contribution in [0.15, 0.2) is 24.3 Å². The number of benzene rings is 1. The monoisotopic (exact) mass is 375 g/mol. The van der Waals surface area contributed by atoms with Crippen LogP contribution in [0.4, 0.5) is 5.69 Å². The largest absolute Gasteiger partial charge is 0.348 e. The van der Waals surface area contributed by atoms with Crippen LogP contribution in [-0.4, -0.2) is 39.2 Å². The van der Waals surface area contributed by atoms with Crippen LogP contribution < -0.4 is 15.4 Å². The summed E-state index contributed by atoms with van der Waals surface area (Å²) in [5.74, 6) is 0.399. The summed E-state index contributed by atoms with van der Waals surface area (Å²) in [7, 11) is -3.31. The first-order chi connectivity index (χ1) is 10.9. The first kappa shape index (κ1) is 20.7. The highest BCUT2D eigenvalue weighted by Crippen LogP contribution is 2.14. The van der Waals surface area contributed by atoms with Crippen LogP contribution in [-0.2, 0) is 10.0 Å². The molecule has 6 nitrogen and oxygen atoms in total. The van der Waals surface area contributed by atoms with E-state index in [9.17, 15) is 13.2 Å². The van der Waals surface area contributed by atoms with Gasteiger partial charge in [-0.2, -0.15) is 0 Å². The molecular weight excluding hydrogens is 350 g/mol. The minimum absolute atomic E-state index is 0. The Kier molecular flexibility index (Phi) is 7.99. The second kappa shape index (κ2) is 9.25. The summed E-state index contributed by atoms with van der Waals surface area (Å²) in [5.41, 5.74) is 1.00. The van der Waals surface area contributed by atoms with Gasteiger partial charge >= 0.3 is 0 Å². The van der Waals surface area contributed by atoms with E-state index in [2.05, 4.69) is 22.3 Å². The molecule has 0 aliphatic carbocycles. The number of sulfonamides is 1. The van der Waals surface area contributed by atoms with Crippen LogP contribution in [0, 0.1) is 5.92 Å². The molecule has 8 heteroatoms. The molecule has 1 amide bonds. The topological polar surface area (TPSA) is 87.3 Å². The Labute approximate surface area is 150 Å². The molecule has 2 rings (SSSR count). The van der Waals surface area contributed by atoms with Gasteiger partial charge in [-0.15, -0.1) is 12.4 Å². The zero-order chi connectivity index (χ0) is 16.9. The van der Waals surface area contributed by atoms with Crippen molar-refractivity contribution in [2.45, 2.75) is 32.7 Å². The minimum atomic E-state index is -3.31. The fourth-order valence-electron chi connectivity index (χ4n) is 2.62. The molecule has 1 heterocycles. The lowest BCUT2D eigenvalue weighted by atomic mass is 9.94. The van der Waals surface area contributed by atoms with Crippen molar-refractivity contribution in [3.63, 3.8) is 0 Å². The number of hydrogen-bond donors (Lipinski definition) is 3. The van der Waals surface area contributed by atoms with E-state index in [1.165, 1.54) is 0 Å². The highest BCUT2D eigenvalue weighted by atomic mass is 35.5. The molecule has 0 saturated carbocycles. The van der Waals surface area contributed by atoms with Gasteiger partial charge < -0.3 is 10.6 Å². The lowest BCUT2D eigenvalue weighted by Crippen LogP contribution is -2.50. The molecule has 0 spiro atoms. The second-order valence-electron chi connectivity index (χ2n) is 6.05. The zero-order valence-corrected chi connectivity index (χ0v) is 15.7. The average molecular weight is 376 g/mol. The Bertz CT molecular complexity index is 634. The number of carbonyl (C=O) groups is 1. The minimum Gasteiger partial charge on any atom is -0.348 e. The van der Waals surface area contributed by atoms with Gasteiger partial charge in [0.2, 0.25) is 10.0 Å². The molecule has 0 radical (unpaired) electrons. The Balaban J connectivity index is 0.00000288. The molecule has 136 valence electrons. The summed E-state index contributed by atoms with van der Waals surface area (Å²) in [5, 5.41) is 6.31. The predicted octanol–water partition coefficient (Wildman–Crippen LogP) is 1.99.